The van der Waals surface area contributed by atoms with Gasteiger partial charge in [-0.2, -0.15) is 0 Å². The molecule has 4 nitrogen and oxygen atoms in total. The topological polar surface area (TPSA) is 46.6 Å². The summed E-state index contributed by atoms with van der Waals surface area (Å²) in [6.07, 6.45) is -0.161. The number of nitrogens with zero attached hydrogens (tertiary/aromatic N) is 1. The summed E-state index contributed by atoms with van der Waals surface area (Å²) in [5.74, 6) is -1.53. The fourth-order valence-corrected chi connectivity index (χ4v) is 3.28. The highest BCUT2D eigenvalue weighted by Gasteiger charge is 2.27. The number of esters is 1. The van der Waals surface area contributed by atoms with Crippen molar-refractivity contribution in [2.45, 2.75) is 26.0 Å². The van der Waals surface area contributed by atoms with Crippen LogP contribution in [-0.2, 0) is 22.5 Å². The molecule has 0 bridgehead atoms. The van der Waals surface area contributed by atoms with Gasteiger partial charge < -0.3 is 9.64 Å². The van der Waals surface area contributed by atoms with E-state index in [0.29, 0.717) is 17.6 Å². The Bertz CT molecular complexity index is 824. The van der Waals surface area contributed by atoms with E-state index in [2.05, 4.69) is 22.0 Å². The van der Waals surface area contributed by atoms with Crippen LogP contribution >= 0.6 is 15.9 Å². The smallest absolute Gasteiger partial charge is 0.340 e. The van der Waals surface area contributed by atoms with Gasteiger partial charge in [-0.1, -0.05) is 24.3 Å². The predicted octanol–water partition coefficient (Wildman–Crippen LogP) is 3.72. The Hall–Kier alpha value is -2.21. The molecule has 6 heteroatoms. The van der Waals surface area contributed by atoms with Crippen LogP contribution in [0.2, 0.25) is 0 Å². The maximum absolute atomic E-state index is 13.3. The Kier molecular flexibility index (Phi) is 5.18. The lowest BCUT2D eigenvalue weighted by Crippen LogP contribution is -2.42. The molecule has 1 amide bonds. The lowest BCUT2D eigenvalue weighted by molar-refractivity contribution is -0.140. The maximum Gasteiger partial charge on any atom is 0.340 e. The Balaban J connectivity index is 1.67. The molecule has 2 aromatic carbocycles. The average Bonchev–Trinajstić information content (AvgIpc) is 2.62. The van der Waals surface area contributed by atoms with E-state index in [1.807, 2.05) is 18.2 Å². The van der Waals surface area contributed by atoms with Crippen LogP contribution in [0.1, 0.15) is 28.4 Å². The number of halogens is 2. The van der Waals surface area contributed by atoms with Gasteiger partial charge in [0.2, 0.25) is 0 Å². The number of benzene rings is 2. The van der Waals surface area contributed by atoms with Gasteiger partial charge in [0.25, 0.3) is 5.91 Å². The van der Waals surface area contributed by atoms with Crippen LogP contribution in [0.3, 0.4) is 0 Å². The molecule has 2 aromatic rings. The zero-order valence-corrected chi connectivity index (χ0v) is 15.3. The fraction of sp³-hybridized carbons (Fsp3) is 0.263. The minimum Gasteiger partial charge on any atom is -0.449 e. The number of fused-ring (bicyclic) bond motifs is 1. The van der Waals surface area contributed by atoms with Crippen molar-refractivity contribution in [3.05, 3.63) is 69.4 Å². The molecule has 25 heavy (non-hydrogen) atoms. The summed E-state index contributed by atoms with van der Waals surface area (Å²) in [7, 11) is 0. The van der Waals surface area contributed by atoms with E-state index < -0.39 is 17.9 Å². The Morgan fingerprint density at radius 2 is 1.92 bits per heavy atom. The molecule has 3 rings (SSSR count). The first kappa shape index (κ1) is 17.6. The molecular weight excluding hydrogens is 389 g/mol. The van der Waals surface area contributed by atoms with Crippen LogP contribution in [-0.4, -0.2) is 29.4 Å². The van der Waals surface area contributed by atoms with Gasteiger partial charge in [-0.25, -0.2) is 9.18 Å². The molecule has 0 saturated heterocycles. The van der Waals surface area contributed by atoms with Crippen LogP contribution in [0, 0.1) is 5.82 Å². The zero-order chi connectivity index (χ0) is 18.0. The summed E-state index contributed by atoms with van der Waals surface area (Å²) in [6.45, 7) is 2.62. The van der Waals surface area contributed by atoms with Gasteiger partial charge >= 0.3 is 5.97 Å². The minimum absolute atomic E-state index is 0.0589. The maximum atomic E-state index is 13.3. The van der Waals surface area contributed by atoms with E-state index in [-0.39, 0.29) is 11.5 Å². The van der Waals surface area contributed by atoms with Crippen molar-refractivity contribution < 1.29 is 18.7 Å². The number of carbonyl (C=O) groups is 2. The number of amides is 1. The van der Waals surface area contributed by atoms with Gasteiger partial charge in [-0.05, 0) is 58.6 Å². The lowest BCUT2D eigenvalue weighted by atomic mass is 9.99. The summed E-state index contributed by atoms with van der Waals surface area (Å²) in [4.78, 5) is 26.5. The molecule has 1 aliphatic rings. The van der Waals surface area contributed by atoms with Crippen LogP contribution in [0.15, 0.2) is 46.9 Å². The normalized spacial score (nSPS) is 14.6. The van der Waals surface area contributed by atoms with Crippen LogP contribution in [0.5, 0.6) is 0 Å². The van der Waals surface area contributed by atoms with E-state index in [9.17, 15) is 14.0 Å². The fourth-order valence-electron chi connectivity index (χ4n) is 2.87. The number of ether oxygens (including phenoxy) is 1. The molecule has 1 aliphatic heterocycles. The highest BCUT2D eigenvalue weighted by Crippen LogP contribution is 2.22. The molecule has 0 unspecified atom stereocenters. The van der Waals surface area contributed by atoms with Gasteiger partial charge in [-0.15, -0.1) is 0 Å². The van der Waals surface area contributed by atoms with Gasteiger partial charge in [0.15, 0.2) is 6.10 Å². The highest BCUT2D eigenvalue weighted by atomic mass is 79.9. The molecule has 1 heterocycles. The van der Waals surface area contributed by atoms with Crippen molar-refractivity contribution in [1.29, 1.82) is 0 Å². The van der Waals surface area contributed by atoms with E-state index in [1.165, 1.54) is 24.6 Å². The molecule has 130 valence electrons. The van der Waals surface area contributed by atoms with Gasteiger partial charge in [0.05, 0.1) is 5.56 Å². The summed E-state index contributed by atoms with van der Waals surface area (Å²) in [6, 6.07) is 11.7. The van der Waals surface area contributed by atoms with Crippen molar-refractivity contribution >= 4 is 27.8 Å². The Labute approximate surface area is 153 Å². The highest BCUT2D eigenvalue weighted by molar-refractivity contribution is 9.10. The largest absolute Gasteiger partial charge is 0.449 e. The molecule has 0 aromatic heterocycles. The van der Waals surface area contributed by atoms with Crippen LogP contribution < -0.4 is 0 Å². The summed E-state index contributed by atoms with van der Waals surface area (Å²) in [5, 5.41) is 0. The average molecular weight is 406 g/mol. The monoisotopic (exact) mass is 405 g/mol. The lowest BCUT2D eigenvalue weighted by Gasteiger charge is -2.30. The third-order valence-electron chi connectivity index (χ3n) is 4.22. The van der Waals surface area contributed by atoms with Crippen molar-refractivity contribution in [2.75, 3.05) is 6.54 Å². The van der Waals surface area contributed by atoms with E-state index in [0.717, 1.165) is 18.1 Å². The predicted molar refractivity (Wildman–Crippen MR) is 94.5 cm³/mol. The van der Waals surface area contributed by atoms with Crippen LogP contribution in [0.4, 0.5) is 4.39 Å². The summed E-state index contributed by atoms with van der Waals surface area (Å²) in [5.41, 5.74) is 2.40. The van der Waals surface area contributed by atoms with Crippen molar-refractivity contribution in [1.82, 2.24) is 4.90 Å². The molecule has 0 spiro atoms. The first-order chi connectivity index (χ1) is 12.0. The second-order valence-corrected chi connectivity index (χ2v) is 6.80. The molecule has 0 aliphatic carbocycles. The van der Waals surface area contributed by atoms with Crippen LogP contribution in [0.25, 0.3) is 0 Å². The van der Waals surface area contributed by atoms with E-state index >= 15 is 0 Å². The minimum atomic E-state index is -0.937. The standard InChI is InChI=1S/C19H17BrFNO3/c1-12(25-19(24)16-10-15(21)6-7-17(16)20)18(23)22-9-8-13-4-2-3-5-14(13)11-22/h2-7,10,12H,8-9,11H2,1H3/t12-/m1/s1. The second-order valence-electron chi connectivity index (χ2n) is 5.95. The molecule has 1 atom stereocenters. The van der Waals surface area contributed by atoms with Crippen molar-refractivity contribution in [3.63, 3.8) is 0 Å². The zero-order valence-electron chi connectivity index (χ0n) is 13.7. The molecule has 0 radical (unpaired) electrons. The third-order valence-corrected chi connectivity index (χ3v) is 4.91. The van der Waals surface area contributed by atoms with Crippen molar-refractivity contribution in [2.24, 2.45) is 0 Å². The van der Waals surface area contributed by atoms with Gasteiger partial charge in [0, 0.05) is 17.6 Å². The molecule has 0 N–H and O–H groups in total. The second kappa shape index (κ2) is 7.35. The summed E-state index contributed by atoms with van der Waals surface area (Å²) < 4.78 is 19.0. The number of hydrogen-bond donors (Lipinski definition) is 0. The first-order valence-electron chi connectivity index (χ1n) is 7.97. The van der Waals surface area contributed by atoms with Crippen molar-refractivity contribution in [3.8, 4) is 0 Å². The quantitative estimate of drug-likeness (QED) is 0.731. The first-order valence-corrected chi connectivity index (χ1v) is 8.76. The molecule has 0 saturated carbocycles. The molecule has 0 fully saturated rings. The molecular formula is C19H17BrFNO3. The third kappa shape index (κ3) is 3.90. The van der Waals surface area contributed by atoms with E-state index in [4.69, 9.17) is 4.74 Å². The number of hydrogen-bond acceptors (Lipinski definition) is 3. The Morgan fingerprint density at radius 3 is 2.68 bits per heavy atom. The van der Waals surface area contributed by atoms with Gasteiger partial charge in [-0.3, -0.25) is 4.79 Å². The van der Waals surface area contributed by atoms with E-state index in [1.54, 1.807) is 4.90 Å². The number of carbonyl (C=O) groups excluding carboxylic acids is 2. The number of rotatable bonds is 3. The summed E-state index contributed by atoms with van der Waals surface area (Å²) >= 11 is 3.19. The van der Waals surface area contributed by atoms with Gasteiger partial charge in [0.1, 0.15) is 5.82 Å². The Morgan fingerprint density at radius 1 is 1.20 bits per heavy atom. The SMILES string of the molecule is C[C@@H](OC(=O)c1cc(F)ccc1Br)C(=O)N1CCc2ccccc2C1.